The first-order valence-corrected chi connectivity index (χ1v) is 6.22. The molecule has 1 aromatic rings. The molecule has 5 heteroatoms. The van der Waals surface area contributed by atoms with E-state index in [1.54, 1.807) is 6.07 Å². The molecule has 0 saturated carbocycles. The molecule has 1 unspecified atom stereocenters. The van der Waals surface area contributed by atoms with Crippen LogP contribution in [0.5, 0.6) is 0 Å². The fourth-order valence-electron chi connectivity index (χ4n) is 2.34. The van der Waals surface area contributed by atoms with Gasteiger partial charge >= 0.3 is 0 Å². The lowest BCUT2D eigenvalue weighted by Crippen LogP contribution is -2.29. The molecule has 0 aliphatic carbocycles. The number of amides is 1. The van der Waals surface area contributed by atoms with E-state index < -0.39 is 17.8 Å². The Morgan fingerprint density at radius 2 is 2.05 bits per heavy atom. The summed E-state index contributed by atoms with van der Waals surface area (Å²) in [6, 6.07) is 2.80. The fraction of sp³-hybridized carbons (Fsp3) is 0.500. The molecule has 2 rings (SSSR count). The zero-order chi connectivity index (χ0) is 14.4. The maximum absolute atomic E-state index is 14.1. The van der Waals surface area contributed by atoms with E-state index >= 15 is 0 Å². The Kier molecular flexibility index (Phi) is 3.26. The van der Waals surface area contributed by atoms with Gasteiger partial charge in [0.05, 0.1) is 5.69 Å². The Balaban J connectivity index is 2.34. The Bertz CT molecular complexity index is 523. The highest BCUT2D eigenvalue weighted by Gasteiger charge is 2.30. The fourth-order valence-corrected chi connectivity index (χ4v) is 2.34. The van der Waals surface area contributed by atoms with Crippen LogP contribution in [0.25, 0.3) is 0 Å². The van der Waals surface area contributed by atoms with Gasteiger partial charge in [-0.15, -0.1) is 0 Å². The maximum Gasteiger partial charge on any atom is 0.257 e. The van der Waals surface area contributed by atoms with Gasteiger partial charge in [-0.1, -0.05) is 20.8 Å². The molecule has 0 saturated heterocycles. The van der Waals surface area contributed by atoms with Gasteiger partial charge in [0, 0.05) is 24.8 Å². The van der Waals surface area contributed by atoms with Crippen molar-refractivity contribution in [3.63, 3.8) is 0 Å². The Morgan fingerprint density at radius 1 is 1.42 bits per heavy atom. The Morgan fingerprint density at radius 3 is 2.63 bits per heavy atom. The van der Waals surface area contributed by atoms with E-state index in [1.165, 1.54) is 6.07 Å². The molecule has 19 heavy (non-hydrogen) atoms. The molecule has 1 aliphatic rings. The van der Waals surface area contributed by atoms with Crippen LogP contribution in [-0.2, 0) is 4.79 Å². The molecule has 1 atom stereocenters. The molecule has 104 valence electrons. The molecule has 4 nitrogen and oxygen atoms in total. The van der Waals surface area contributed by atoms with Crippen LogP contribution in [0.15, 0.2) is 12.1 Å². The van der Waals surface area contributed by atoms with Crippen molar-refractivity contribution in [1.82, 2.24) is 0 Å². The molecule has 0 aromatic heterocycles. The predicted molar refractivity (Wildman–Crippen MR) is 72.7 cm³/mol. The predicted octanol–water partition coefficient (Wildman–Crippen LogP) is 2.29. The van der Waals surface area contributed by atoms with Crippen molar-refractivity contribution in [3.8, 4) is 0 Å². The van der Waals surface area contributed by atoms with Crippen LogP contribution in [0.2, 0.25) is 0 Å². The number of aliphatic hydroxyl groups is 1. The van der Waals surface area contributed by atoms with Crippen molar-refractivity contribution in [3.05, 3.63) is 23.5 Å². The number of hydrogen-bond donors (Lipinski definition) is 2. The number of hydrogen-bond acceptors (Lipinski definition) is 3. The van der Waals surface area contributed by atoms with E-state index in [1.807, 2.05) is 11.9 Å². The summed E-state index contributed by atoms with van der Waals surface area (Å²) in [6.45, 7) is 6.89. The summed E-state index contributed by atoms with van der Waals surface area (Å²) >= 11 is 0. The first-order valence-electron chi connectivity index (χ1n) is 6.22. The number of halogens is 1. The molecule has 1 amide bonds. The number of carbonyl (C=O) groups is 1. The van der Waals surface area contributed by atoms with Gasteiger partial charge in [-0.25, -0.2) is 4.39 Å². The normalized spacial score (nSPS) is 18.2. The lowest BCUT2D eigenvalue weighted by molar-refractivity contribution is -0.123. The molecular formula is C14H19FN2O2. The highest BCUT2D eigenvalue weighted by Crippen LogP contribution is 2.36. The van der Waals surface area contributed by atoms with E-state index in [2.05, 4.69) is 26.1 Å². The molecule has 0 radical (unpaired) electrons. The average Bonchev–Trinajstić information content (AvgIpc) is 2.52. The molecule has 1 aliphatic heterocycles. The molecule has 0 spiro atoms. The third-order valence-electron chi connectivity index (χ3n) is 3.04. The number of rotatable bonds is 2. The van der Waals surface area contributed by atoms with Crippen molar-refractivity contribution in [1.29, 1.82) is 0 Å². The summed E-state index contributed by atoms with van der Waals surface area (Å²) in [4.78, 5) is 13.2. The summed E-state index contributed by atoms with van der Waals surface area (Å²) in [7, 11) is 1.81. The van der Waals surface area contributed by atoms with Crippen LogP contribution in [0, 0.1) is 11.2 Å². The lowest BCUT2D eigenvalue weighted by atomic mass is 9.96. The number of fused-ring (bicyclic) bond motifs is 1. The lowest BCUT2D eigenvalue weighted by Gasteiger charge is -2.28. The van der Waals surface area contributed by atoms with Gasteiger partial charge in [-0.05, 0) is 17.5 Å². The zero-order valence-corrected chi connectivity index (χ0v) is 11.6. The number of aliphatic hydroxyl groups excluding tert-OH is 1. The van der Waals surface area contributed by atoms with E-state index in [9.17, 15) is 14.3 Å². The highest BCUT2D eigenvalue weighted by atomic mass is 19.1. The first kappa shape index (κ1) is 13.8. The van der Waals surface area contributed by atoms with Crippen LogP contribution in [0.3, 0.4) is 0 Å². The Hall–Kier alpha value is -1.62. The second-order valence-corrected chi connectivity index (χ2v) is 6.20. The topological polar surface area (TPSA) is 52.6 Å². The minimum absolute atomic E-state index is 0.0307. The van der Waals surface area contributed by atoms with E-state index in [-0.39, 0.29) is 5.41 Å². The monoisotopic (exact) mass is 266 g/mol. The molecule has 0 bridgehead atoms. The maximum atomic E-state index is 14.1. The summed E-state index contributed by atoms with van der Waals surface area (Å²) in [5, 5.41) is 12.1. The summed E-state index contributed by atoms with van der Waals surface area (Å²) in [6.07, 6.45) is -1.27. The summed E-state index contributed by atoms with van der Waals surface area (Å²) in [5.74, 6) is -0.939. The summed E-state index contributed by atoms with van der Waals surface area (Å²) < 4.78 is 14.1. The van der Waals surface area contributed by atoms with Crippen molar-refractivity contribution in [2.75, 3.05) is 23.8 Å². The second kappa shape index (κ2) is 4.49. The second-order valence-electron chi connectivity index (χ2n) is 6.20. The van der Waals surface area contributed by atoms with Crippen LogP contribution in [0.4, 0.5) is 15.8 Å². The number of nitrogens with zero attached hydrogens (tertiary/aromatic N) is 1. The minimum Gasteiger partial charge on any atom is -0.378 e. The van der Waals surface area contributed by atoms with E-state index in [0.29, 0.717) is 23.5 Å². The summed E-state index contributed by atoms with van der Waals surface area (Å²) in [5.41, 5.74) is 1.23. The number of nitrogens with one attached hydrogen (secondary N) is 1. The first-order chi connectivity index (χ1) is 8.69. The average molecular weight is 266 g/mol. The SMILES string of the molecule is CN(CC(C)(C)C)c1cc2c(cc1F)C(O)C(=O)N2. The largest absolute Gasteiger partial charge is 0.378 e. The van der Waals surface area contributed by atoms with Crippen molar-refractivity contribution in [2.24, 2.45) is 5.41 Å². The van der Waals surface area contributed by atoms with Crippen molar-refractivity contribution >= 4 is 17.3 Å². The number of benzene rings is 1. The molecular weight excluding hydrogens is 247 g/mol. The zero-order valence-electron chi connectivity index (χ0n) is 11.6. The van der Waals surface area contributed by atoms with Crippen LogP contribution in [0.1, 0.15) is 32.4 Å². The highest BCUT2D eigenvalue weighted by molar-refractivity contribution is 6.02. The third kappa shape index (κ3) is 2.71. The van der Waals surface area contributed by atoms with Gasteiger partial charge < -0.3 is 15.3 Å². The minimum atomic E-state index is -1.27. The van der Waals surface area contributed by atoms with Gasteiger partial charge in [0.15, 0.2) is 6.10 Å². The number of carbonyl (C=O) groups excluding carboxylic acids is 1. The van der Waals surface area contributed by atoms with Crippen LogP contribution in [-0.4, -0.2) is 24.6 Å². The molecule has 1 heterocycles. The third-order valence-corrected chi connectivity index (χ3v) is 3.04. The van der Waals surface area contributed by atoms with Crippen molar-refractivity contribution < 1.29 is 14.3 Å². The van der Waals surface area contributed by atoms with Crippen LogP contribution < -0.4 is 10.2 Å². The van der Waals surface area contributed by atoms with Gasteiger partial charge in [0.25, 0.3) is 5.91 Å². The smallest absolute Gasteiger partial charge is 0.257 e. The van der Waals surface area contributed by atoms with E-state index in [0.717, 1.165) is 0 Å². The van der Waals surface area contributed by atoms with Crippen molar-refractivity contribution in [2.45, 2.75) is 26.9 Å². The van der Waals surface area contributed by atoms with Crippen LogP contribution >= 0.6 is 0 Å². The standard InChI is InChI=1S/C14H19FN2O2/c1-14(2,3)7-17(4)11-6-10-8(5-9(11)15)12(18)13(19)16-10/h5-6,12,18H,7H2,1-4H3,(H,16,19). The molecule has 2 N–H and O–H groups in total. The molecule has 1 aromatic carbocycles. The Labute approximate surface area is 112 Å². The molecule has 0 fully saturated rings. The van der Waals surface area contributed by atoms with Gasteiger partial charge in [0.1, 0.15) is 5.82 Å². The number of anilines is 2. The van der Waals surface area contributed by atoms with Gasteiger partial charge in [-0.2, -0.15) is 0 Å². The van der Waals surface area contributed by atoms with Gasteiger partial charge in [-0.3, -0.25) is 4.79 Å². The van der Waals surface area contributed by atoms with E-state index in [4.69, 9.17) is 0 Å². The van der Waals surface area contributed by atoms with Gasteiger partial charge in [0.2, 0.25) is 0 Å². The quantitative estimate of drug-likeness (QED) is 0.863.